The highest BCUT2D eigenvalue weighted by Crippen LogP contribution is 2.10. The van der Waals surface area contributed by atoms with E-state index in [9.17, 15) is 14.0 Å². The first-order valence-corrected chi connectivity index (χ1v) is 8.38. The minimum absolute atomic E-state index is 0.0414. The molecule has 27 heavy (non-hydrogen) atoms. The van der Waals surface area contributed by atoms with Crippen LogP contribution in [0.15, 0.2) is 64.1 Å². The van der Waals surface area contributed by atoms with Gasteiger partial charge in [-0.2, -0.15) is 0 Å². The zero-order chi connectivity index (χ0) is 19.2. The highest BCUT2D eigenvalue weighted by molar-refractivity contribution is 5.75. The largest absolute Gasteiger partial charge is 0.483 e. The second kappa shape index (κ2) is 8.35. The molecule has 0 atom stereocenters. The smallest absolute Gasteiger partial charge is 0.240 e. The molecule has 1 amide bonds. The molecule has 2 aromatic heterocycles. The van der Waals surface area contributed by atoms with Crippen molar-refractivity contribution in [2.75, 3.05) is 0 Å². The summed E-state index contributed by atoms with van der Waals surface area (Å²) in [5.41, 5.74) is 1.10. The molecule has 0 aliphatic rings. The number of aromatic nitrogens is 1. The molecule has 1 N–H and O–H groups in total. The van der Waals surface area contributed by atoms with Crippen LogP contribution in [-0.2, 0) is 24.5 Å². The van der Waals surface area contributed by atoms with Gasteiger partial charge in [0, 0.05) is 11.8 Å². The number of ether oxygens (including phenoxy) is 1. The quantitative estimate of drug-likeness (QED) is 0.694. The van der Waals surface area contributed by atoms with Gasteiger partial charge in [-0.3, -0.25) is 9.59 Å². The van der Waals surface area contributed by atoms with E-state index in [-0.39, 0.29) is 36.1 Å². The molecule has 140 valence electrons. The predicted molar refractivity (Wildman–Crippen MR) is 96.7 cm³/mol. The number of benzene rings is 1. The van der Waals surface area contributed by atoms with Crippen LogP contribution in [-0.4, -0.2) is 10.5 Å². The number of amides is 1. The average molecular weight is 370 g/mol. The summed E-state index contributed by atoms with van der Waals surface area (Å²) >= 11 is 0. The summed E-state index contributed by atoms with van der Waals surface area (Å²) in [5, 5.41) is 2.75. The maximum absolute atomic E-state index is 12.9. The molecule has 3 aromatic rings. The van der Waals surface area contributed by atoms with E-state index in [1.165, 1.54) is 30.7 Å². The van der Waals surface area contributed by atoms with Gasteiger partial charge in [0.25, 0.3) is 0 Å². The SMILES string of the molecule is Cc1cc(=O)c(OCc2ccc(F)cc2)cn1CC(=O)NCc1ccco1. The highest BCUT2D eigenvalue weighted by atomic mass is 19.1. The van der Waals surface area contributed by atoms with E-state index < -0.39 is 0 Å². The van der Waals surface area contributed by atoms with E-state index >= 15 is 0 Å². The van der Waals surface area contributed by atoms with Crippen molar-refractivity contribution in [1.82, 2.24) is 9.88 Å². The molecule has 3 rings (SSSR count). The Labute approximate surface area is 155 Å². The van der Waals surface area contributed by atoms with Gasteiger partial charge < -0.3 is 19.0 Å². The van der Waals surface area contributed by atoms with Crippen molar-refractivity contribution in [3.05, 3.63) is 88.0 Å². The maximum atomic E-state index is 12.9. The maximum Gasteiger partial charge on any atom is 0.240 e. The van der Waals surface area contributed by atoms with E-state index in [2.05, 4.69) is 5.32 Å². The Morgan fingerprint density at radius 3 is 2.74 bits per heavy atom. The normalized spacial score (nSPS) is 10.6. The first kappa shape index (κ1) is 18.4. The molecule has 0 saturated heterocycles. The molecule has 7 heteroatoms. The molecule has 0 radical (unpaired) electrons. The number of hydrogen-bond donors (Lipinski definition) is 1. The molecular weight excluding hydrogens is 351 g/mol. The fraction of sp³-hybridized carbons (Fsp3) is 0.200. The van der Waals surface area contributed by atoms with Crippen molar-refractivity contribution in [3.8, 4) is 5.75 Å². The van der Waals surface area contributed by atoms with Crippen LogP contribution in [0.2, 0.25) is 0 Å². The monoisotopic (exact) mass is 370 g/mol. The number of hydrogen-bond acceptors (Lipinski definition) is 4. The Morgan fingerprint density at radius 2 is 2.04 bits per heavy atom. The summed E-state index contributed by atoms with van der Waals surface area (Å²) < 4.78 is 25.3. The number of carbonyl (C=O) groups excluding carboxylic acids is 1. The van der Waals surface area contributed by atoms with Crippen LogP contribution in [0, 0.1) is 12.7 Å². The van der Waals surface area contributed by atoms with Gasteiger partial charge in [-0.1, -0.05) is 12.1 Å². The molecule has 6 nitrogen and oxygen atoms in total. The van der Waals surface area contributed by atoms with Crippen molar-refractivity contribution < 1.29 is 18.3 Å². The van der Waals surface area contributed by atoms with Crippen LogP contribution >= 0.6 is 0 Å². The average Bonchev–Trinajstić information content (AvgIpc) is 3.16. The van der Waals surface area contributed by atoms with Crippen molar-refractivity contribution in [3.63, 3.8) is 0 Å². The number of rotatable bonds is 7. The van der Waals surface area contributed by atoms with Gasteiger partial charge in [0.05, 0.1) is 19.0 Å². The molecule has 0 aliphatic carbocycles. The number of furan rings is 1. The van der Waals surface area contributed by atoms with Crippen molar-refractivity contribution in [1.29, 1.82) is 0 Å². The number of halogens is 1. The number of carbonyl (C=O) groups is 1. The lowest BCUT2D eigenvalue weighted by Gasteiger charge is -2.13. The lowest BCUT2D eigenvalue weighted by molar-refractivity contribution is -0.121. The number of nitrogens with zero attached hydrogens (tertiary/aromatic N) is 1. The zero-order valence-corrected chi connectivity index (χ0v) is 14.8. The van der Waals surface area contributed by atoms with Gasteiger partial charge in [0.15, 0.2) is 5.75 Å². The summed E-state index contributed by atoms with van der Waals surface area (Å²) in [7, 11) is 0. The third kappa shape index (κ3) is 5.07. The predicted octanol–water partition coefficient (Wildman–Crippen LogP) is 2.78. The Balaban J connectivity index is 1.64. The van der Waals surface area contributed by atoms with E-state index in [1.54, 1.807) is 35.8 Å². The topological polar surface area (TPSA) is 73.5 Å². The molecular formula is C20H19FN2O4. The summed E-state index contributed by atoms with van der Waals surface area (Å²) in [4.78, 5) is 24.3. The number of pyridine rings is 1. The molecule has 1 aromatic carbocycles. The van der Waals surface area contributed by atoms with Gasteiger partial charge >= 0.3 is 0 Å². The van der Waals surface area contributed by atoms with Crippen LogP contribution in [0.5, 0.6) is 5.75 Å². The Hall–Kier alpha value is -3.35. The molecule has 0 unspecified atom stereocenters. The molecule has 2 heterocycles. The summed E-state index contributed by atoms with van der Waals surface area (Å²) in [6.45, 7) is 2.20. The Morgan fingerprint density at radius 1 is 1.26 bits per heavy atom. The van der Waals surface area contributed by atoms with Crippen LogP contribution < -0.4 is 15.5 Å². The second-order valence-corrected chi connectivity index (χ2v) is 6.04. The van der Waals surface area contributed by atoms with Gasteiger partial charge in [-0.05, 0) is 36.8 Å². The fourth-order valence-electron chi connectivity index (χ4n) is 2.48. The lowest BCUT2D eigenvalue weighted by atomic mass is 10.2. The summed E-state index contributed by atoms with van der Waals surface area (Å²) in [5.74, 6) is 0.228. The Bertz CT molecular complexity index is 963. The zero-order valence-electron chi connectivity index (χ0n) is 14.8. The molecule has 0 saturated carbocycles. The van der Waals surface area contributed by atoms with Gasteiger partial charge in [-0.15, -0.1) is 0 Å². The first-order valence-electron chi connectivity index (χ1n) is 8.38. The summed E-state index contributed by atoms with van der Waals surface area (Å²) in [6.07, 6.45) is 3.05. The highest BCUT2D eigenvalue weighted by Gasteiger charge is 2.09. The van der Waals surface area contributed by atoms with Crippen molar-refractivity contribution >= 4 is 5.91 Å². The van der Waals surface area contributed by atoms with Gasteiger partial charge in [-0.25, -0.2) is 4.39 Å². The van der Waals surface area contributed by atoms with E-state index in [0.29, 0.717) is 18.0 Å². The molecule has 0 aliphatic heterocycles. The van der Waals surface area contributed by atoms with Gasteiger partial charge in [0.2, 0.25) is 11.3 Å². The third-order valence-corrected chi connectivity index (χ3v) is 3.97. The van der Waals surface area contributed by atoms with Crippen LogP contribution in [0.25, 0.3) is 0 Å². The van der Waals surface area contributed by atoms with Crippen LogP contribution in [0.1, 0.15) is 17.0 Å². The lowest BCUT2D eigenvalue weighted by Crippen LogP contribution is -2.28. The third-order valence-electron chi connectivity index (χ3n) is 3.97. The standard InChI is InChI=1S/C20H19FN2O4/c1-14-9-18(24)19(27-13-15-4-6-16(21)7-5-15)11-23(14)12-20(25)22-10-17-3-2-8-26-17/h2-9,11H,10,12-13H2,1H3,(H,22,25). The summed E-state index contributed by atoms with van der Waals surface area (Å²) in [6, 6.07) is 10.8. The van der Waals surface area contributed by atoms with E-state index in [1.807, 2.05) is 0 Å². The molecule has 0 fully saturated rings. The molecule has 0 spiro atoms. The van der Waals surface area contributed by atoms with Crippen LogP contribution in [0.3, 0.4) is 0 Å². The second-order valence-electron chi connectivity index (χ2n) is 6.04. The minimum atomic E-state index is -0.336. The number of aryl methyl sites for hydroxylation is 1. The van der Waals surface area contributed by atoms with Crippen molar-refractivity contribution in [2.45, 2.75) is 26.6 Å². The first-order chi connectivity index (χ1) is 13.0. The number of nitrogens with one attached hydrogen (secondary N) is 1. The Kier molecular flexibility index (Phi) is 5.71. The molecule has 0 bridgehead atoms. The van der Waals surface area contributed by atoms with E-state index in [4.69, 9.17) is 9.15 Å². The van der Waals surface area contributed by atoms with Crippen LogP contribution in [0.4, 0.5) is 4.39 Å². The van der Waals surface area contributed by atoms with Crippen molar-refractivity contribution in [2.24, 2.45) is 0 Å². The fourth-order valence-corrected chi connectivity index (χ4v) is 2.48. The minimum Gasteiger partial charge on any atom is -0.483 e. The van der Waals surface area contributed by atoms with E-state index in [0.717, 1.165) is 5.56 Å². The van der Waals surface area contributed by atoms with Gasteiger partial charge in [0.1, 0.15) is 24.7 Å².